The molecule has 2 rings (SSSR count). The number of methoxy groups -OCH3 is 1. The van der Waals surface area contributed by atoms with Crippen LogP contribution in [0.25, 0.3) is 0 Å². The number of esters is 2. The van der Waals surface area contributed by atoms with Crippen LogP contribution in [0, 0.1) is 0 Å². The largest absolute Gasteiger partial charge is 0.465 e. The zero-order valence-corrected chi connectivity index (χ0v) is 11.6. The normalized spacial score (nSPS) is 14.2. The summed E-state index contributed by atoms with van der Waals surface area (Å²) < 4.78 is 9.66. The highest BCUT2D eigenvalue weighted by Gasteiger charge is 2.23. The van der Waals surface area contributed by atoms with Crippen molar-refractivity contribution in [3.8, 4) is 5.75 Å². The highest BCUT2D eigenvalue weighted by molar-refractivity contribution is 8.00. The first-order valence-corrected chi connectivity index (χ1v) is 7.00. The second kappa shape index (κ2) is 6.42. The number of rotatable bonds is 4. The van der Waals surface area contributed by atoms with E-state index in [2.05, 4.69) is 4.74 Å². The first kappa shape index (κ1) is 14.4. The van der Waals surface area contributed by atoms with Crippen molar-refractivity contribution in [1.82, 2.24) is 4.90 Å². The average Bonchev–Trinajstić information content (AvgIpc) is 2.84. The lowest BCUT2D eigenvalue weighted by atomic mass is 10.2. The van der Waals surface area contributed by atoms with E-state index in [1.165, 1.54) is 48.0 Å². The van der Waals surface area contributed by atoms with Gasteiger partial charge in [0.25, 0.3) is 0 Å². The van der Waals surface area contributed by atoms with Crippen molar-refractivity contribution in [2.75, 3.05) is 25.3 Å². The number of carbonyl (C=O) groups is 3. The van der Waals surface area contributed by atoms with Crippen LogP contribution in [0.15, 0.2) is 24.3 Å². The van der Waals surface area contributed by atoms with Crippen LogP contribution in [-0.4, -0.2) is 48.0 Å². The van der Waals surface area contributed by atoms with Gasteiger partial charge < -0.3 is 14.4 Å². The maximum Gasteiger partial charge on any atom is 0.337 e. The fourth-order valence-corrected chi connectivity index (χ4v) is 2.54. The first-order chi connectivity index (χ1) is 9.60. The Bertz CT molecular complexity index is 528. The zero-order valence-electron chi connectivity index (χ0n) is 10.8. The topological polar surface area (TPSA) is 72.9 Å². The van der Waals surface area contributed by atoms with E-state index in [1.54, 1.807) is 0 Å². The molecule has 1 amide bonds. The molecule has 1 aromatic carbocycles. The Labute approximate surface area is 120 Å². The molecule has 20 heavy (non-hydrogen) atoms. The number of amides is 1. The van der Waals surface area contributed by atoms with Crippen LogP contribution in [0.5, 0.6) is 5.75 Å². The first-order valence-electron chi connectivity index (χ1n) is 5.84. The number of ether oxygens (including phenoxy) is 2. The van der Waals surface area contributed by atoms with Crippen molar-refractivity contribution < 1.29 is 23.9 Å². The highest BCUT2D eigenvalue weighted by atomic mass is 32.2. The minimum Gasteiger partial charge on any atom is -0.465 e. The highest BCUT2D eigenvalue weighted by Crippen LogP contribution is 2.16. The van der Waals surface area contributed by atoms with Gasteiger partial charge in [-0.25, -0.2) is 9.59 Å². The van der Waals surface area contributed by atoms with Gasteiger partial charge in [-0.1, -0.05) is 0 Å². The quantitative estimate of drug-likeness (QED) is 0.607. The van der Waals surface area contributed by atoms with E-state index < -0.39 is 11.9 Å². The molecule has 106 valence electrons. The Hall–Kier alpha value is -2.02. The molecule has 0 N–H and O–H groups in total. The molecule has 0 saturated carbocycles. The van der Waals surface area contributed by atoms with Crippen molar-refractivity contribution >= 4 is 29.6 Å². The predicted molar refractivity (Wildman–Crippen MR) is 72.5 cm³/mol. The summed E-state index contributed by atoms with van der Waals surface area (Å²) in [4.78, 5) is 35.7. The number of benzene rings is 1. The molecule has 7 heteroatoms. The van der Waals surface area contributed by atoms with Crippen molar-refractivity contribution in [3.05, 3.63) is 29.8 Å². The fraction of sp³-hybridized carbons (Fsp3) is 0.308. The number of hydrogen-bond acceptors (Lipinski definition) is 6. The average molecular weight is 295 g/mol. The van der Waals surface area contributed by atoms with Crippen molar-refractivity contribution in [1.29, 1.82) is 0 Å². The molecule has 1 fully saturated rings. The van der Waals surface area contributed by atoms with Gasteiger partial charge in [0.1, 0.15) is 12.3 Å². The maximum atomic E-state index is 11.7. The Morgan fingerprint density at radius 1 is 1.30 bits per heavy atom. The molecule has 6 nitrogen and oxygen atoms in total. The summed E-state index contributed by atoms with van der Waals surface area (Å²) in [6.07, 6.45) is 0. The van der Waals surface area contributed by atoms with E-state index in [-0.39, 0.29) is 12.5 Å². The Morgan fingerprint density at radius 3 is 2.55 bits per heavy atom. The Kier molecular flexibility index (Phi) is 4.62. The van der Waals surface area contributed by atoms with E-state index in [0.717, 1.165) is 0 Å². The van der Waals surface area contributed by atoms with E-state index in [0.29, 0.717) is 22.9 Å². The van der Waals surface area contributed by atoms with Crippen LogP contribution in [0.2, 0.25) is 0 Å². The summed E-state index contributed by atoms with van der Waals surface area (Å²) in [6, 6.07) is 6.02. The van der Waals surface area contributed by atoms with Crippen LogP contribution >= 0.6 is 11.8 Å². The van der Waals surface area contributed by atoms with Gasteiger partial charge in [-0.3, -0.25) is 4.79 Å². The summed E-state index contributed by atoms with van der Waals surface area (Å²) in [5, 5.41) is 0. The summed E-state index contributed by atoms with van der Waals surface area (Å²) in [5.74, 6) is 0.209. The SMILES string of the molecule is COC(=O)c1ccc(OC(=O)CN2CSCC2=O)cc1. The molecular formula is C13H13NO5S. The minimum absolute atomic E-state index is 0.0620. The van der Waals surface area contributed by atoms with Gasteiger partial charge in [-0.05, 0) is 24.3 Å². The summed E-state index contributed by atoms with van der Waals surface area (Å²) in [7, 11) is 1.29. The van der Waals surface area contributed by atoms with E-state index in [9.17, 15) is 14.4 Å². The van der Waals surface area contributed by atoms with Gasteiger partial charge in [0, 0.05) is 0 Å². The van der Waals surface area contributed by atoms with Crippen molar-refractivity contribution in [3.63, 3.8) is 0 Å². The zero-order chi connectivity index (χ0) is 14.5. The molecule has 0 bridgehead atoms. The van der Waals surface area contributed by atoms with Crippen LogP contribution in [0.3, 0.4) is 0 Å². The fourth-order valence-electron chi connectivity index (χ4n) is 1.64. The molecule has 1 saturated heterocycles. The number of hydrogen-bond donors (Lipinski definition) is 0. The molecule has 0 atom stereocenters. The molecular weight excluding hydrogens is 282 g/mol. The third-order valence-corrected chi connectivity index (χ3v) is 3.60. The number of thioether (sulfide) groups is 1. The van der Waals surface area contributed by atoms with Crippen LogP contribution in [0.4, 0.5) is 0 Å². The molecule has 0 radical (unpaired) electrons. The van der Waals surface area contributed by atoms with Crippen molar-refractivity contribution in [2.24, 2.45) is 0 Å². The van der Waals surface area contributed by atoms with Gasteiger partial charge in [0.2, 0.25) is 5.91 Å². The van der Waals surface area contributed by atoms with Gasteiger partial charge in [-0.15, -0.1) is 11.8 Å². The van der Waals surface area contributed by atoms with Gasteiger partial charge >= 0.3 is 11.9 Å². The molecule has 1 heterocycles. The minimum atomic E-state index is -0.508. The molecule has 1 aliphatic heterocycles. The van der Waals surface area contributed by atoms with Gasteiger partial charge in [0.05, 0.1) is 24.3 Å². The van der Waals surface area contributed by atoms with Crippen molar-refractivity contribution in [2.45, 2.75) is 0 Å². The molecule has 1 aliphatic rings. The van der Waals surface area contributed by atoms with Crippen LogP contribution in [0.1, 0.15) is 10.4 Å². The molecule has 0 unspecified atom stereocenters. The summed E-state index contributed by atoms with van der Waals surface area (Å²) in [5.41, 5.74) is 0.374. The van der Waals surface area contributed by atoms with Gasteiger partial charge in [0.15, 0.2) is 0 Å². The molecule has 0 spiro atoms. The van der Waals surface area contributed by atoms with Crippen LogP contribution in [-0.2, 0) is 14.3 Å². The molecule has 1 aromatic rings. The second-order valence-electron chi connectivity index (χ2n) is 4.06. The van der Waals surface area contributed by atoms with E-state index >= 15 is 0 Å². The smallest absolute Gasteiger partial charge is 0.337 e. The summed E-state index contributed by atoms with van der Waals surface area (Å²) >= 11 is 1.46. The standard InChI is InChI=1S/C13H13NO5S/c1-18-13(17)9-2-4-10(5-3-9)19-12(16)6-14-8-20-7-11(14)15/h2-5H,6-8H2,1H3. The maximum absolute atomic E-state index is 11.7. The third kappa shape index (κ3) is 3.51. The Balaban J connectivity index is 1.91. The second-order valence-corrected chi connectivity index (χ2v) is 5.01. The lowest BCUT2D eigenvalue weighted by Gasteiger charge is -2.13. The molecule has 0 aromatic heterocycles. The van der Waals surface area contributed by atoms with Gasteiger partial charge in [-0.2, -0.15) is 0 Å². The molecule has 0 aliphatic carbocycles. The third-order valence-electron chi connectivity index (χ3n) is 2.65. The number of nitrogens with zero attached hydrogens (tertiary/aromatic N) is 1. The lowest BCUT2D eigenvalue weighted by molar-refractivity contribution is -0.140. The number of carbonyl (C=O) groups excluding carboxylic acids is 3. The lowest BCUT2D eigenvalue weighted by Crippen LogP contribution is -2.33. The summed E-state index contributed by atoms with van der Waals surface area (Å²) in [6.45, 7) is -0.0649. The van der Waals surface area contributed by atoms with E-state index in [1.807, 2.05) is 0 Å². The Morgan fingerprint density at radius 2 is 2.00 bits per heavy atom. The van der Waals surface area contributed by atoms with Crippen LogP contribution < -0.4 is 4.74 Å². The predicted octanol–water partition coefficient (Wildman–Crippen LogP) is 0.912. The van der Waals surface area contributed by atoms with E-state index in [4.69, 9.17) is 4.74 Å². The monoisotopic (exact) mass is 295 g/mol.